The van der Waals surface area contributed by atoms with E-state index in [1.165, 1.54) is 22.5 Å². The van der Waals surface area contributed by atoms with Crippen molar-refractivity contribution in [2.24, 2.45) is 0 Å². The second-order valence-electron chi connectivity index (χ2n) is 7.00. The molecule has 1 aliphatic rings. The number of anilines is 1. The van der Waals surface area contributed by atoms with E-state index in [1.54, 1.807) is 18.2 Å². The summed E-state index contributed by atoms with van der Waals surface area (Å²) in [6, 6.07) is 13.3. The van der Waals surface area contributed by atoms with Crippen molar-refractivity contribution in [3.63, 3.8) is 0 Å². The maximum Gasteiger partial charge on any atom is 0.344 e. The lowest BCUT2D eigenvalue weighted by atomic mass is 10.1. The number of aryl methyl sites for hydroxylation is 1. The van der Waals surface area contributed by atoms with E-state index in [0.29, 0.717) is 19.0 Å². The maximum atomic E-state index is 12.7. The molecule has 3 rings (SSSR count). The van der Waals surface area contributed by atoms with Crippen LogP contribution in [0.5, 0.6) is 5.75 Å². The topological polar surface area (TPSA) is 111 Å². The smallest absolute Gasteiger partial charge is 0.344 e. The number of benzene rings is 2. The van der Waals surface area contributed by atoms with Crippen LogP contribution in [0.4, 0.5) is 5.69 Å². The summed E-state index contributed by atoms with van der Waals surface area (Å²) in [6.07, 6.45) is 0.758. The molecule has 2 aromatic carbocycles. The number of hydrogen-bond acceptors (Lipinski definition) is 7. The van der Waals surface area contributed by atoms with Gasteiger partial charge in [0.2, 0.25) is 10.0 Å². The Morgan fingerprint density at radius 2 is 1.81 bits per heavy atom. The fraction of sp³-hybridized carbons (Fsp3) is 0.364. The van der Waals surface area contributed by atoms with Gasteiger partial charge in [0.1, 0.15) is 5.75 Å². The number of nitrogens with zero attached hydrogens (tertiary/aromatic N) is 1. The van der Waals surface area contributed by atoms with Crippen LogP contribution in [0.1, 0.15) is 12.5 Å². The summed E-state index contributed by atoms with van der Waals surface area (Å²) in [5.41, 5.74) is 1.25. The second-order valence-corrected chi connectivity index (χ2v) is 8.94. The molecule has 1 N–H and O–H groups in total. The predicted molar refractivity (Wildman–Crippen MR) is 117 cm³/mol. The third kappa shape index (κ3) is 6.28. The minimum atomic E-state index is -3.69. The molecule has 172 valence electrons. The van der Waals surface area contributed by atoms with Crippen LogP contribution in [-0.4, -0.2) is 64.1 Å². The molecule has 1 fully saturated rings. The molecular formula is C22H26N2O7S. The Morgan fingerprint density at radius 3 is 2.56 bits per heavy atom. The van der Waals surface area contributed by atoms with Crippen molar-refractivity contribution in [1.82, 2.24) is 4.31 Å². The molecule has 0 saturated carbocycles. The van der Waals surface area contributed by atoms with Gasteiger partial charge >= 0.3 is 5.97 Å². The van der Waals surface area contributed by atoms with Gasteiger partial charge in [-0.05, 0) is 36.2 Å². The van der Waals surface area contributed by atoms with Crippen LogP contribution in [0, 0.1) is 0 Å². The van der Waals surface area contributed by atoms with Crippen LogP contribution >= 0.6 is 0 Å². The van der Waals surface area contributed by atoms with E-state index in [9.17, 15) is 18.0 Å². The molecule has 0 aliphatic carbocycles. The number of morpholine rings is 1. The van der Waals surface area contributed by atoms with Crippen molar-refractivity contribution < 1.29 is 32.2 Å². The van der Waals surface area contributed by atoms with Gasteiger partial charge in [-0.3, -0.25) is 4.79 Å². The molecule has 1 aliphatic heterocycles. The van der Waals surface area contributed by atoms with Gasteiger partial charge < -0.3 is 19.5 Å². The average Bonchev–Trinajstić information content (AvgIpc) is 2.82. The van der Waals surface area contributed by atoms with E-state index in [1.807, 2.05) is 19.1 Å². The lowest BCUT2D eigenvalue weighted by molar-refractivity contribution is -0.149. The number of hydrogen-bond donors (Lipinski definition) is 1. The van der Waals surface area contributed by atoms with E-state index >= 15 is 0 Å². The highest BCUT2D eigenvalue weighted by Gasteiger charge is 2.26. The number of carbonyl (C=O) groups excluding carboxylic acids is 2. The molecular weight excluding hydrogens is 436 g/mol. The van der Waals surface area contributed by atoms with Crippen molar-refractivity contribution in [3.05, 3.63) is 54.1 Å². The number of rotatable bonds is 9. The molecule has 1 heterocycles. The zero-order chi connectivity index (χ0) is 23.0. The Hall–Kier alpha value is -2.95. The molecule has 1 amide bonds. The number of amides is 1. The van der Waals surface area contributed by atoms with Gasteiger partial charge in [-0.2, -0.15) is 4.31 Å². The monoisotopic (exact) mass is 462 g/mol. The highest BCUT2D eigenvalue weighted by Crippen LogP contribution is 2.21. The first-order chi connectivity index (χ1) is 15.4. The van der Waals surface area contributed by atoms with E-state index in [4.69, 9.17) is 14.2 Å². The molecule has 32 heavy (non-hydrogen) atoms. The lowest BCUT2D eigenvalue weighted by Gasteiger charge is -2.26. The fourth-order valence-electron chi connectivity index (χ4n) is 3.13. The van der Waals surface area contributed by atoms with Gasteiger partial charge in [0, 0.05) is 18.8 Å². The Labute approximate surface area is 187 Å². The molecule has 1 saturated heterocycles. The number of esters is 1. The first-order valence-corrected chi connectivity index (χ1v) is 11.7. The molecule has 2 aromatic rings. The van der Waals surface area contributed by atoms with E-state index in [0.717, 1.165) is 12.0 Å². The highest BCUT2D eigenvalue weighted by atomic mass is 32.2. The van der Waals surface area contributed by atoms with E-state index in [2.05, 4.69) is 5.32 Å². The van der Waals surface area contributed by atoms with E-state index < -0.39 is 28.5 Å². The van der Waals surface area contributed by atoms with Crippen LogP contribution < -0.4 is 10.1 Å². The Kier molecular flexibility index (Phi) is 8.20. The maximum absolute atomic E-state index is 12.7. The minimum absolute atomic E-state index is 0.0668. The molecule has 0 radical (unpaired) electrons. The van der Waals surface area contributed by atoms with Crippen LogP contribution in [0.25, 0.3) is 0 Å². The molecule has 9 nitrogen and oxygen atoms in total. The lowest BCUT2D eigenvalue weighted by Crippen LogP contribution is -2.40. The molecule has 0 atom stereocenters. The standard InChI is InChI=1S/C22H26N2O7S/c1-2-17-6-3-4-9-20(17)30-16-22(26)31-15-21(25)23-18-7-5-8-19(14-18)32(27,28)24-10-12-29-13-11-24/h3-9,14H,2,10-13,15-16H2,1H3,(H,23,25). The van der Waals surface area contributed by atoms with Gasteiger partial charge in [-0.1, -0.05) is 31.2 Å². The number of nitrogens with one attached hydrogen (secondary N) is 1. The van der Waals surface area contributed by atoms with Gasteiger partial charge in [0.15, 0.2) is 13.2 Å². The molecule has 0 unspecified atom stereocenters. The highest BCUT2D eigenvalue weighted by molar-refractivity contribution is 7.89. The minimum Gasteiger partial charge on any atom is -0.482 e. The number of carbonyl (C=O) groups is 2. The van der Waals surface area contributed by atoms with Crippen LogP contribution in [0.15, 0.2) is 53.4 Å². The van der Waals surface area contributed by atoms with Crippen molar-refractivity contribution in [2.75, 3.05) is 44.8 Å². The number of sulfonamides is 1. The predicted octanol–water partition coefficient (Wildman–Crippen LogP) is 1.83. The third-order valence-corrected chi connectivity index (χ3v) is 6.68. The van der Waals surface area contributed by atoms with Crippen LogP contribution in [-0.2, 0) is 35.5 Å². The Morgan fingerprint density at radius 1 is 1.06 bits per heavy atom. The SMILES string of the molecule is CCc1ccccc1OCC(=O)OCC(=O)Nc1cccc(S(=O)(=O)N2CCOCC2)c1. The fourth-order valence-corrected chi connectivity index (χ4v) is 4.58. The zero-order valence-electron chi connectivity index (χ0n) is 17.8. The number of ether oxygens (including phenoxy) is 3. The van der Waals surface area contributed by atoms with Gasteiger partial charge in [-0.25, -0.2) is 13.2 Å². The summed E-state index contributed by atoms with van der Waals surface area (Å²) >= 11 is 0. The van der Waals surface area contributed by atoms with Gasteiger partial charge in [-0.15, -0.1) is 0 Å². The zero-order valence-corrected chi connectivity index (χ0v) is 18.6. The first-order valence-electron chi connectivity index (χ1n) is 10.2. The Balaban J connectivity index is 1.50. The van der Waals surface area contributed by atoms with Crippen molar-refractivity contribution in [2.45, 2.75) is 18.2 Å². The van der Waals surface area contributed by atoms with Crippen LogP contribution in [0.2, 0.25) is 0 Å². The first kappa shape index (κ1) is 23.7. The summed E-state index contributed by atoms with van der Waals surface area (Å²) in [5, 5.41) is 2.54. The number of para-hydroxylation sites is 1. The van der Waals surface area contributed by atoms with Gasteiger partial charge in [0.05, 0.1) is 18.1 Å². The third-order valence-electron chi connectivity index (χ3n) is 4.79. The molecule has 10 heteroatoms. The summed E-state index contributed by atoms with van der Waals surface area (Å²) in [5.74, 6) is -0.683. The summed E-state index contributed by atoms with van der Waals surface area (Å²) in [6.45, 7) is 2.38. The summed E-state index contributed by atoms with van der Waals surface area (Å²) < 4.78 is 42.4. The normalized spacial score (nSPS) is 14.5. The molecule has 0 spiro atoms. The van der Waals surface area contributed by atoms with Crippen molar-refractivity contribution >= 4 is 27.6 Å². The van der Waals surface area contributed by atoms with Crippen molar-refractivity contribution in [1.29, 1.82) is 0 Å². The van der Waals surface area contributed by atoms with Crippen LogP contribution in [0.3, 0.4) is 0 Å². The molecule has 0 aromatic heterocycles. The van der Waals surface area contributed by atoms with Gasteiger partial charge in [0.25, 0.3) is 5.91 Å². The average molecular weight is 463 g/mol. The quantitative estimate of drug-likeness (QED) is 0.566. The van der Waals surface area contributed by atoms with E-state index in [-0.39, 0.29) is 30.3 Å². The summed E-state index contributed by atoms with van der Waals surface area (Å²) in [4.78, 5) is 24.1. The largest absolute Gasteiger partial charge is 0.482 e. The molecule has 0 bridgehead atoms. The van der Waals surface area contributed by atoms with Crippen molar-refractivity contribution in [3.8, 4) is 5.75 Å². The summed E-state index contributed by atoms with van der Waals surface area (Å²) in [7, 11) is -3.69. The Bertz CT molecular complexity index is 1050. The second kappa shape index (κ2) is 11.1.